The summed E-state index contributed by atoms with van der Waals surface area (Å²) in [6.07, 6.45) is 5.16. The number of hydrogen-bond acceptors (Lipinski definition) is 5. The highest BCUT2D eigenvalue weighted by molar-refractivity contribution is 5.86. The van der Waals surface area contributed by atoms with E-state index in [9.17, 15) is 0 Å². The van der Waals surface area contributed by atoms with Gasteiger partial charge in [-0.15, -0.1) is 0 Å². The standard InChI is InChI=1S/C22H24N6/c1-3-4-5-16-8-12-17(13-9-16)25-21-19-20(24-14-23-19)27-22(28-21)26-18-10-6-15(2)7-11-18/h6-14H,3-5H2,1-2H3,(H3,23,24,25,26,27,28). The van der Waals surface area contributed by atoms with E-state index in [0.29, 0.717) is 17.4 Å². The van der Waals surface area contributed by atoms with Crippen LogP contribution in [0.1, 0.15) is 30.9 Å². The van der Waals surface area contributed by atoms with Crippen molar-refractivity contribution in [1.82, 2.24) is 19.9 Å². The number of fused-ring (bicyclic) bond motifs is 1. The van der Waals surface area contributed by atoms with Gasteiger partial charge in [0.25, 0.3) is 0 Å². The number of H-pyrrole nitrogens is 1. The molecule has 142 valence electrons. The van der Waals surface area contributed by atoms with E-state index in [0.717, 1.165) is 23.3 Å². The largest absolute Gasteiger partial charge is 0.340 e. The highest BCUT2D eigenvalue weighted by atomic mass is 15.2. The van der Waals surface area contributed by atoms with Gasteiger partial charge < -0.3 is 15.6 Å². The van der Waals surface area contributed by atoms with Crippen molar-refractivity contribution in [2.45, 2.75) is 33.1 Å². The molecule has 0 amide bonds. The van der Waals surface area contributed by atoms with Crippen molar-refractivity contribution in [2.24, 2.45) is 0 Å². The van der Waals surface area contributed by atoms with Gasteiger partial charge in [-0.1, -0.05) is 43.2 Å². The Bertz CT molecular complexity index is 1050. The lowest BCUT2D eigenvalue weighted by Gasteiger charge is -2.10. The van der Waals surface area contributed by atoms with Crippen LogP contribution >= 0.6 is 0 Å². The van der Waals surface area contributed by atoms with Gasteiger partial charge in [0, 0.05) is 11.4 Å². The number of aromatic amines is 1. The number of nitrogens with zero attached hydrogens (tertiary/aromatic N) is 3. The van der Waals surface area contributed by atoms with Gasteiger partial charge in [-0.05, 0) is 49.6 Å². The number of anilines is 4. The molecule has 3 N–H and O–H groups in total. The highest BCUT2D eigenvalue weighted by Crippen LogP contribution is 2.24. The molecule has 0 bridgehead atoms. The Balaban J connectivity index is 1.59. The van der Waals surface area contributed by atoms with Crippen LogP contribution in [-0.2, 0) is 6.42 Å². The maximum Gasteiger partial charge on any atom is 0.231 e. The van der Waals surface area contributed by atoms with Gasteiger partial charge in [-0.3, -0.25) is 0 Å². The second-order valence-corrected chi connectivity index (χ2v) is 6.91. The first-order chi connectivity index (χ1) is 13.7. The summed E-state index contributed by atoms with van der Waals surface area (Å²) >= 11 is 0. The lowest BCUT2D eigenvalue weighted by molar-refractivity contribution is 0.795. The molecule has 0 aliphatic heterocycles. The predicted molar refractivity (Wildman–Crippen MR) is 114 cm³/mol. The normalized spacial score (nSPS) is 10.9. The van der Waals surface area contributed by atoms with Crippen molar-refractivity contribution in [1.29, 1.82) is 0 Å². The van der Waals surface area contributed by atoms with Crippen molar-refractivity contribution >= 4 is 34.3 Å². The summed E-state index contributed by atoms with van der Waals surface area (Å²) in [4.78, 5) is 16.6. The number of nitrogens with one attached hydrogen (secondary N) is 3. The fourth-order valence-electron chi connectivity index (χ4n) is 3.02. The van der Waals surface area contributed by atoms with E-state index < -0.39 is 0 Å². The number of aromatic nitrogens is 4. The molecule has 0 unspecified atom stereocenters. The molecule has 0 aliphatic rings. The van der Waals surface area contributed by atoms with Gasteiger partial charge in [0.15, 0.2) is 11.5 Å². The van der Waals surface area contributed by atoms with Crippen molar-refractivity contribution in [2.75, 3.05) is 10.6 Å². The molecular weight excluding hydrogens is 348 g/mol. The van der Waals surface area contributed by atoms with Gasteiger partial charge in [-0.2, -0.15) is 9.97 Å². The van der Waals surface area contributed by atoms with Crippen LogP contribution in [0.2, 0.25) is 0 Å². The summed E-state index contributed by atoms with van der Waals surface area (Å²) in [5.74, 6) is 1.20. The molecule has 4 aromatic rings. The Kier molecular flexibility index (Phi) is 5.19. The monoisotopic (exact) mass is 372 g/mol. The van der Waals surface area contributed by atoms with Gasteiger partial charge in [0.1, 0.15) is 5.52 Å². The third kappa shape index (κ3) is 4.11. The van der Waals surface area contributed by atoms with E-state index in [4.69, 9.17) is 0 Å². The summed E-state index contributed by atoms with van der Waals surface area (Å²) < 4.78 is 0. The Morgan fingerprint density at radius 1 is 0.893 bits per heavy atom. The van der Waals surface area contributed by atoms with Crippen molar-refractivity contribution in [3.05, 3.63) is 66.0 Å². The smallest absolute Gasteiger partial charge is 0.231 e. The predicted octanol–water partition coefficient (Wildman–Crippen LogP) is 5.49. The van der Waals surface area contributed by atoms with Crippen molar-refractivity contribution < 1.29 is 0 Å². The molecule has 0 saturated carbocycles. The van der Waals surface area contributed by atoms with Gasteiger partial charge in [-0.25, -0.2) is 4.98 Å². The fourth-order valence-corrected chi connectivity index (χ4v) is 3.02. The molecule has 0 atom stereocenters. The zero-order chi connectivity index (χ0) is 19.3. The average molecular weight is 372 g/mol. The Morgan fingerprint density at radius 2 is 1.61 bits per heavy atom. The molecule has 6 heteroatoms. The molecule has 0 radical (unpaired) electrons. The van der Waals surface area contributed by atoms with Crippen LogP contribution in [0.5, 0.6) is 0 Å². The molecule has 0 fully saturated rings. The lowest BCUT2D eigenvalue weighted by Crippen LogP contribution is -2.02. The third-order valence-corrected chi connectivity index (χ3v) is 4.63. The van der Waals surface area contributed by atoms with Crippen LogP contribution < -0.4 is 10.6 Å². The molecule has 2 aromatic carbocycles. The van der Waals surface area contributed by atoms with E-state index >= 15 is 0 Å². The molecule has 4 rings (SSSR count). The molecule has 0 spiro atoms. The van der Waals surface area contributed by atoms with Gasteiger partial charge in [0.05, 0.1) is 6.33 Å². The Morgan fingerprint density at radius 3 is 2.36 bits per heavy atom. The SMILES string of the molecule is CCCCc1ccc(Nc2nc(Nc3ccc(C)cc3)nc3nc[nH]c23)cc1. The number of aryl methyl sites for hydroxylation is 2. The zero-order valence-corrected chi connectivity index (χ0v) is 16.2. The first-order valence-electron chi connectivity index (χ1n) is 9.62. The quantitative estimate of drug-likeness (QED) is 0.400. The second-order valence-electron chi connectivity index (χ2n) is 6.91. The van der Waals surface area contributed by atoms with Crippen molar-refractivity contribution in [3.8, 4) is 0 Å². The molecule has 28 heavy (non-hydrogen) atoms. The summed E-state index contributed by atoms with van der Waals surface area (Å²) in [6, 6.07) is 16.6. The van der Waals surface area contributed by atoms with Crippen LogP contribution in [0, 0.1) is 6.92 Å². The van der Waals surface area contributed by atoms with E-state index in [-0.39, 0.29) is 0 Å². The first kappa shape index (κ1) is 18.0. The molecule has 6 nitrogen and oxygen atoms in total. The molecule has 2 aromatic heterocycles. The molecule has 2 heterocycles. The van der Waals surface area contributed by atoms with Crippen LogP contribution in [-0.4, -0.2) is 19.9 Å². The van der Waals surface area contributed by atoms with Crippen LogP contribution in [0.3, 0.4) is 0 Å². The maximum atomic E-state index is 4.65. The number of hydrogen-bond donors (Lipinski definition) is 3. The first-order valence-corrected chi connectivity index (χ1v) is 9.62. The molecular formula is C22H24N6. The molecule has 0 aliphatic carbocycles. The third-order valence-electron chi connectivity index (χ3n) is 4.63. The van der Waals surface area contributed by atoms with Crippen LogP contribution in [0.4, 0.5) is 23.1 Å². The Labute approximate surface area is 164 Å². The molecule has 0 saturated heterocycles. The van der Waals surface area contributed by atoms with Crippen LogP contribution in [0.15, 0.2) is 54.9 Å². The van der Waals surface area contributed by atoms with E-state index in [2.05, 4.69) is 80.8 Å². The summed E-state index contributed by atoms with van der Waals surface area (Å²) in [5.41, 5.74) is 5.88. The minimum atomic E-state index is 0.505. The van der Waals surface area contributed by atoms with E-state index in [1.54, 1.807) is 6.33 Å². The lowest BCUT2D eigenvalue weighted by atomic mass is 10.1. The Hall–Kier alpha value is -3.41. The number of rotatable bonds is 7. The average Bonchev–Trinajstić information content (AvgIpc) is 3.18. The van der Waals surface area contributed by atoms with Gasteiger partial charge >= 0.3 is 0 Å². The summed E-state index contributed by atoms with van der Waals surface area (Å²) in [6.45, 7) is 4.27. The summed E-state index contributed by atoms with van der Waals surface area (Å²) in [5, 5.41) is 6.64. The highest BCUT2D eigenvalue weighted by Gasteiger charge is 2.11. The topological polar surface area (TPSA) is 78.5 Å². The van der Waals surface area contributed by atoms with Crippen molar-refractivity contribution in [3.63, 3.8) is 0 Å². The number of benzene rings is 2. The minimum Gasteiger partial charge on any atom is -0.340 e. The van der Waals surface area contributed by atoms with E-state index in [1.165, 1.54) is 24.0 Å². The van der Waals surface area contributed by atoms with Crippen LogP contribution in [0.25, 0.3) is 11.2 Å². The number of unbranched alkanes of at least 4 members (excludes halogenated alkanes) is 1. The fraction of sp³-hybridized carbons (Fsp3) is 0.227. The van der Waals surface area contributed by atoms with E-state index in [1.807, 2.05) is 12.1 Å². The zero-order valence-electron chi connectivity index (χ0n) is 16.2. The summed E-state index contributed by atoms with van der Waals surface area (Å²) in [7, 11) is 0. The maximum absolute atomic E-state index is 4.65. The second kappa shape index (κ2) is 8.08. The minimum absolute atomic E-state index is 0.505. The van der Waals surface area contributed by atoms with Gasteiger partial charge in [0.2, 0.25) is 5.95 Å². The number of imidazole rings is 1.